The highest BCUT2D eigenvalue weighted by Crippen LogP contribution is 2.18. The molecular formula is C18H22N2O2. The molecule has 2 aromatic rings. The lowest BCUT2D eigenvalue weighted by molar-refractivity contribution is 0.247. The zero-order valence-electron chi connectivity index (χ0n) is 13.0. The highest BCUT2D eigenvalue weighted by molar-refractivity contribution is 5.89. The van der Waals surface area contributed by atoms with Crippen molar-refractivity contribution in [3.8, 4) is 5.75 Å². The van der Waals surface area contributed by atoms with Gasteiger partial charge in [-0.05, 0) is 35.7 Å². The lowest BCUT2D eigenvalue weighted by atomic mass is 10.0. The summed E-state index contributed by atoms with van der Waals surface area (Å²) in [5.74, 6) is 1.33. The molecule has 2 rings (SSSR count). The number of urea groups is 1. The van der Waals surface area contributed by atoms with E-state index in [-0.39, 0.29) is 6.03 Å². The van der Waals surface area contributed by atoms with E-state index in [2.05, 4.69) is 36.6 Å². The largest absolute Gasteiger partial charge is 0.492 e. The summed E-state index contributed by atoms with van der Waals surface area (Å²) in [5.41, 5.74) is 2.05. The van der Waals surface area contributed by atoms with Gasteiger partial charge in [-0.3, -0.25) is 0 Å². The van der Waals surface area contributed by atoms with Crippen LogP contribution in [0.1, 0.15) is 25.3 Å². The van der Waals surface area contributed by atoms with Crippen molar-refractivity contribution in [2.24, 2.45) is 0 Å². The second-order valence-electron chi connectivity index (χ2n) is 5.32. The molecular weight excluding hydrogens is 276 g/mol. The van der Waals surface area contributed by atoms with Crippen LogP contribution >= 0.6 is 0 Å². The van der Waals surface area contributed by atoms with E-state index >= 15 is 0 Å². The molecule has 0 aromatic heterocycles. The molecule has 0 heterocycles. The van der Waals surface area contributed by atoms with E-state index in [1.807, 2.05) is 42.5 Å². The van der Waals surface area contributed by atoms with Gasteiger partial charge in [-0.15, -0.1) is 0 Å². The molecule has 116 valence electrons. The van der Waals surface area contributed by atoms with Crippen LogP contribution in [0.4, 0.5) is 10.5 Å². The van der Waals surface area contributed by atoms with Gasteiger partial charge < -0.3 is 15.4 Å². The zero-order chi connectivity index (χ0) is 15.8. The fourth-order valence-corrected chi connectivity index (χ4v) is 1.98. The van der Waals surface area contributed by atoms with Crippen LogP contribution in [0.15, 0.2) is 54.6 Å². The number of amides is 2. The van der Waals surface area contributed by atoms with E-state index < -0.39 is 0 Å². The summed E-state index contributed by atoms with van der Waals surface area (Å²) in [4.78, 5) is 11.7. The third-order valence-electron chi connectivity index (χ3n) is 3.23. The number of carbonyl (C=O) groups is 1. The van der Waals surface area contributed by atoms with Gasteiger partial charge in [0.25, 0.3) is 0 Å². The molecule has 4 heteroatoms. The van der Waals surface area contributed by atoms with Crippen LogP contribution in [0.25, 0.3) is 0 Å². The van der Waals surface area contributed by atoms with Crippen LogP contribution in [-0.2, 0) is 0 Å². The van der Waals surface area contributed by atoms with Crippen LogP contribution in [0, 0.1) is 0 Å². The van der Waals surface area contributed by atoms with Gasteiger partial charge in [0, 0.05) is 5.69 Å². The number of hydrogen-bond acceptors (Lipinski definition) is 2. The molecule has 0 radical (unpaired) electrons. The van der Waals surface area contributed by atoms with Gasteiger partial charge >= 0.3 is 6.03 Å². The molecule has 0 fully saturated rings. The Morgan fingerprint density at radius 1 is 1.05 bits per heavy atom. The number of nitrogens with one attached hydrogen (secondary N) is 2. The van der Waals surface area contributed by atoms with E-state index in [4.69, 9.17) is 4.74 Å². The Morgan fingerprint density at radius 2 is 1.73 bits per heavy atom. The molecule has 0 aliphatic carbocycles. The Balaban J connectivity index is 1.67. The lowest BCUT2D eigenvalue weighted by Crippen LogP contribution is -2.32. The van der Waals surface area contributed by atoms with Crippen molar-refractivity contribution < 1.29 is 9.53 Å². The van der Waals surface area contributed by atoms with Gasteiger partial charge in [0.2, 0.25) is 0 Å². The van der Waals surface area contributed by atoms with E-state index in [9.17, 15) is 4.79 Å². The number of carbonyl (C=O) groups excluding carboxylic acids is 1. The molecule has 0 unspecified atom stereocenters. The lowest BCUT2D eigenvalue weighted by Gasteiger charge is -2.10. The Hall–Kier alpha value is -2.49. The summed E-state index contributed by atoms with van der Waals surface area (Å²) in [5, 5.41) is 5.51. The summed E-state index contributed by atoms with van der Waals surface area (Å²) in [6.07, 6.45) is 0. The normalized spacial score (nSPS) is 10.3. The summed E-state index contributed by atoms with van der Waals surface area (Å²) in [6, 6.07) is 17.1. The van der Waals surface area contributed by atoms with Gasteiger partial charge in [0.05, 0.1) is 6.54 Å². The molecule has 22 heavy (non-hydrogen) atoms. The van der Waals surface area contributed by atoms with Gasteiger partial charge in [-0.25, -0.2) is 4.79 Å². The maximum Gasteiger partial charge on any atom is 0.319 e. The molecule has 2 aromatic carbocycles. The number of ether oxygens (including phenoxy) is 1. The fourth-order valence-electron chi connectivity index (χ4n) is 1.98. The Labute approximate surface area is 131 Å². The average Bonchev–Trinajstić information content (AvgIpc) is 2.53. The molecule has 0 atom stereocenters. The maximum atomic E-state index is 11.7. The van der Waals surface area contributed by atoms with Crippen molar-refractivity contribution in [1.82, 2.24) is 5.32 Å². The third kappa shape index (κ3) is 5.13. The quantitative estimate of drug-likeness (QED) is 0.792. The minimum absolute atomic E-state index is 0.232. The minimum atomic E-state index is -0.232. The van der Waals surface area contributed by atoms with Crippen LogP contribution in [0.5, 0.6) is 5.75 Å². The van der Waals surface area contributed by atoms with Crippen molar-refractivity contribution in [2.45, 2.75) is 19.8 Å². The van der Waals surface area contributed by atoms with Crippen molar-refractivity contribution >= 4 is 11.7 Å². The van der Waals surface area contributed by atoms with Crippen molar-refractivity contribution in [2.75, 3.05) is 18.5 Å². The van der Waals surface area contributed by atoms with Gasteiger partial charge in [0.1, 0.15) is 12.4 Å². The van der Waals surface area contributed by atoms with E-state index in [1.165, 1.54) is 5.56 Å². The average molecular weight is 298 g/mol. The first-order valence-electron chi connectivity index (χ1n) is 7.48. The third-order valence-corrected chi connectivity index (χ3v) is 3.23. The highest BCUT2D eigenvalue weighted by Gasteiger charge is 2.01. The number of benzene rings is 2. The van der Waals surface area contributed by atoms with Gasteiger partial charge in [-0.2, -0.15) is 0 Å². The molecule has 4 nitrogen and oxygen atoms in total. The smallest absolute Gasteiger partial charge is 0.319 e. The summed E-state index contributed by atoms with van der Waals surface area (Å²) >= 11 is 0. The number of hydrogen-bond donors (Lipinski definition) is 2. The maximum absolute atomic E-state index is 11.7. The zero-order valence-corrected chi connectivity index (χ0v) is 13.0. The van der Waals surface area contributed by atoms with Gasteiger partial charge in [0.15, 0.2) is 0 Å². The van der Waals surface area contributed by atoms with Crippen LogP contribution in [0.3, 0.4) is 0 Å². The van der Waals surface area contributed by atoms with Crippen LogP contribution in [-0.4, -0.2) is 19.2 Å². The predicted molar refractivity (Wildman–Crippen MR) is 89.5 cm³/mol. The molecule has 2 amide bonds. The highest BCUT2D eigenvalue weighted by atomic mass is 16.5. The predicted octanol–water partition coefficient (Wildman–Crippen LogP) is 4.01. The minimum Gasteiger partial charge on any atom is -0.492 e. The monoisotopic (exact) mass is 298 g/mol. The molecule has 0 aliphatic rings. The molecule has 0 spiro atoms. The molecule has 0 saturated heterocycles. The number of rotatable bonds is 6. The van der Waals surface area contributed by atoms with Crippen LogP contribution < -0.4 is 15.4 Å². The first-order valence-corrected chi connectivity index (χ1v) is 7.48. The molecule has 0 aliphatic heterocycles. The first kappa shape index (κ1) is 15.9. The Kier molecular flexibility index (Phi) is 5.83. The van der Waals surface area contributed by atoms with Crippen molar-refractivity contribution in [3.63, 3.8) is 0 Å². The Bertz CT molecular complexity index is 580. The summed E-state index contributed by atoms with van der Waals surface area (Å²) in [6.45, 7) is 5.20. The summed E-state index contributed by atoms with van der Waals surface area (Å²) in [7, 11) is 0. The second kappa shape index (κ2) is 8.08. The molecule has 0 saturated carbocycles. The second-order valence-corrected chi connectivity index (χ2v) is 5.32. The van der Waals surface area contributed by atoms with Crippen LogP contribution in [0.2, 0.25) is 0 Å². The SMILES string of the molecule is CC(C)c1ccc(OCCNC(=O)Nc2ccccc2)cc1. The van der Waals surface area contributed by atoms with E-state index in [1.54, 1.807) is 0 Å². The van der Waals surface area contributed by atoms with Gasteiger partial charge in [-0.1, -0.05) is 44.2 Å². The first-order chi connectivity index (χ1) is 10.6. The fraction of sp³-hybridized carbons (Fsp3) is 0.278. The summed E-state index contributed by atoms with van der Waals surface area (Å²) < 4.78 is 5.60. The Morgan fingerprint density at radius 3 is 2.36 bits per heavy atom. The molecule has 0 bridgehead atoms. The topological polar surface area (TPSA) is 50.4 Å². The number of anilines is 1. The van der Waals surface area contributed by atoms with E-state index in [0.717, 1.165) is 11.4 Å². The van der Waals surface area contributed by atoms with Crippen molar-refractivity contribution in [3.05, 3.63) is 60.2 Å². The van der Waals surface area contributed by atoms with E-state index in [0.29, 0.717) is 19.1 Å². The standard InChI is InChI=1S/C18H22N2O2/c1-14(2)15-8-10-17(11-9-15)22-13-12-19-18(21)20-16-6-4-3-5-7-16/h3-11,14H,12-13H2,1-2H3,(H2,19,20,21). The van der Waals surface area contributed by atoms with Crippen molar-refractivity contribution in [1.29, 1.82) is 0 Å². The molecule has 2 N–H and O–H groups in total. The number of para-hydroxylation sites is 1.